The van der Waals surface area contributed by atoms with E-state index in [0.29, 0.717) is 28.6 Å². The Morgan fingerprint density at radius 3 is 2.29 bits per heavy atom. The molecular formula is C28H28N4O6. The summed E-state index contributed by atoms with van der Waals surface area (Å²) >= 11 is 0. The van der Waals surface area contributed by atoms with E-state index in [1.807, 2.05) is 30.3 Å². The van der Waals surface area contributed by atoms with Gasteiger partial charge in [-0.05, 0) is 35.4 Å². The lowest BCUT2D eigenvalue weighted by atomic mass is 10.0. The number of carbonyl (C=O) groups is 2. The Morgan fingerprint density at radius 1 is 0.974 bits per heavy atom. The summed E-state index contributed by atoms with van der Waals surface area (Å²) in [6.07, 6.45) is 5.74. The van der Waals surface area contributed by atoms with Crippen molar-refractivity contribution < 1.29 is 28.2 Å². The number of hydrogen-bond donors (Lipinski definition) is 1. The van der Waals surface area contributed by atoms with Crippen LogP contribution in [0.3, 0.4) is 0 Å². The van der Waals surface area contributed by atoms with Crippen LogP contribution in [0, 0.1) is 0 Å². The van der Waals surface area contributed by atoms with E-state index in [0.717, 1.165) is 5.56 Å². The van der Waals surface area contributed by atoms with Gasteiger partial charge in [-0.3, -0.25) is 14.6 Å². The van der Waals surface area contributed by atoms with Crippen LogP contribution >= 0.6 is 0 Å². The normalized spacial score (nSPS) is 11.3. The van der Waals surface area contributed by atoms with E-state index in [4.69, 9.17) is 18.6 Å². The molecule has 1 N–H and O–H groups in total. The van der Waals surface area contributed by atoms with Crippen molar-refractivity contribution in [3.63, 3.8) is 0 Å². The number of carbonyl (C=O) groups excluding carboxylic acids is 2. The third-order valence-electron chi connectivity index (χ3n) is 5.82. The molecule has 0 fully saturated rings. The zero-order valence-corrected chi connectivity index (χ0v) is 21.3. The lowest BCUT2D eigenvalue weighted by molar-refractivity contribution is -0.126. The number of amides is 2. The molecule has 0 aliphatic carbocycles. The molecule has 0 saturated heterocycles. The molecule has 0 aliphatic heterocycles. The first-order valence-corrected chi connectivity index (χ1v) is 11.8. The van der Waals surface area contributed by atoms with E-state index < -0.39 is 17.9 Å². The standard InChI is InChI=1S/C28H28N4O6/c1-35-23-14-20(15-24(36-2)26(23)37-3)25(27(33)31-16-19-8-5-4-6-9-19)32(18-21-10-7-13-38-21)28(34)22-17-29-11-12-30-22/h4-15,17,25H,16,18H2,1-3H3,(H,31,33)/t25-/m1/s1. The minimum Gasteiger partial charge on any atom is -0.493 e. The first-order valence-electron chi connectivity index (χ1n) is 11.8. The molecule has 2 heterocycles. The van der Waals surface area contributed by atoms with Crippen LogP contribution in [0.25, 0.3) is 0 Å². The Kier molecular flexibility index (Phi) is 8.55. The monoisotopic (exact) mass is 516 g/mol. The van der Waals surface area contributed by atoms with Crippen molar-refractivity contribution in [3.8, 4) is 17.2 Å². The molecule has 1 atom stereocenters. The second-order valence-electron chi connectivity index (χ2n) is 8.17. The number of nitrogens with zero attached hydrogens (tertiary/aromatic N) is 3. The van der Waals surface area contributed by atoms with Gasteiger partial charge in [0.2, 0.25) is 11.7 Å². The minimum absolute atomic E-state index is 0.0114. The fraction of sp³-hybridized carbons (Fsp3) is 0.214. The van der Waals surface area contributed by atoms with Gasteiger partial charge >= 0.3 is 0 Å². The molecule has 38 heavy (non-hydrogen) atoms. The summed E-state index contributed by atoms with van der Waals surface area (Å²) in [5.74, 6) is 0.589. The lowest BCUT2D eigenvalue weighted by Gasteiger charge is -2.31. The molecule has 2 aromatic carbocycles. The van der Waals surface area contributed by atoms with Gasteiger partial charge in [0, 0.05) is 18.9 Å². The topological polar surface area (TPSA) is 116 Å². The van der Waals surface area contributed by atoms with Crippen molar-refractivity contribution in [2.45, 2.75) is 19.1 Å². The average Bonchev–Trinajstić information content (AvgIpc) is 3.49. The summed E-state index contributed by atoms with van der Waals surface area (Å²) < 4.78 is 22.1. The Labute approximate surface area is 220 Å². The number of ether oxygens (including phenoxy) is 3. The molecule has 0 bridgehead atoms. The van der Waals surface area contributed by atoms with Crippen molar-refractivity contribution in [3.05, 3.63) is 102 Å². The SMILES string of the molecule is COc1cc([C@H](C(=O)NCc2ccccc2)N(Cc2ccco2)C(=O)c2cnccn2)cc(OC)c1OC. The van der Waals surface area contributed by atoms with Crippen molar-refractivity contribution in [2.75, 3.05) is 21.3 Å². The van der Waals surface area contributed by atoms with Gasteiger partial charge in [-0.15, -0.1) is 0 Å². The molecular weight excluding hydrogens is 488 g/mol. The first kappa shape index (κ1) is 26.2. The van der Waals surface area contributed by atoms with Crippen LogP contribution in [0.15, 0.2) is 83.9 Å². The number of furan rings is 1. The second-order valence-corrected chi connectivity index (χ2v) is 8.17. The molecule has 0 saturated carbocycles. The van der Waals surface area contributed by atoms with Gasteiger partial charge < -0.3 is 28.8 Å². The maximum absolute atomic E-state index is 13.9. The number of methoxy groups -OCH3 is 3. The molecule has 0 aliphatic rings. The number of nitrogens with one attached hydrogen (secondary N) is 1. The maximum Gasteiger partial charge on any atom is 0.275 e. The Morgan fingerprint density at radius 2 is 1.71 bits per heavy atom. The van der Waals surface area contributed by atoms with Gasteiger partial charge in [0.1, 0.15) is 17.5 Å². The third-order valence-corrected chi connectivity index (χ3v) is 5.82. The molecule has 2 amide bonds. The highest BCUT2D eigenvalue weighted by Crippen LogP contribution is 2.41. The molecule has 196 valence electrons. The second kappa shape index (κ2) is 12.4. The molecule has 10 nitrogen and oxygen atoms in total. The number of benzene rings is 2. The summed E-state index contributed by atoms with van der Waals surface area (Å²) in [4.78, 5) is 37.3. The molecule has 4 aromatic rings. The summed E-state index contributed by atoms with van der Waals surface area (Å²) in [7, 11) is 4.46. The summed E-state index contributed by atoms with van der Waals surface area (Å²) in [6, 6.07) is 15.1. The van der Waals surface area contributed by atoms with Crippen LogP contribution in [0.4, 0.5) is 0 Å². The van der Waals surface area contributed by atoms with Gasteiger partial charge in [-0.1, -0.05) is 30.3 Å². The Balaban J connectivity index is 1.82. The molecule has 0 spiro atoms. The quantitative estimate of drug-likeness (QED) is 0.320. The van der Waals surface area contributed by atoms with Gasteiger partial charge in [-0.25, -0.2) is 4.98 Å². The van der Waals surface area contributed by atoms with Crippen LogP contribution in [0.2, 0.25) is 0 Å². The summed E-state index contributed by atoms with van der Waals surface area (Å²) in [5.41, 5.74) is 1.42. The van der Waals surface area contributed by atoms with Crippen LogP contribution < -0.4 is 19.5 Å². The van der Waals surface area contributed by atoms with Crippen molar-refractivity contribution in [2.24, 2.45) is 0 Å². The van der Waals surface area contributed by atoms with Crippen molar-refractivity contribution in [1.29, 1.82) is 0 Å². The van der Waals surface area contributed by atoms with E-state index >= 15 is 0 Å². The lowest BCUT2D eigenvalue weighted by Crippen LogP contribution is -2.43. The van der Waals surface area contributed by atoms with Crippen LogP contribution in [-0.2, 0) is 17.9 Å². The van der Waals surface area contributed by atoms with E-state index in [9.17, 15) is 9.59 Å². The zero-order chi connectivity index (χ0) is 26.9. The summed E-state index contributed by atoms with van der Waals surface area (Å²) in [5, 5.41) is 2.96. The number of hydrogen-bond acceptors (Lipinski definition) is 8. The minimum atomic E-state index is -1.12. The zero-order valence-electron chi connectivity index (χ0n) is 21.3. The van der Waals surface area contributed by atoms with Gasteiger partial charge in [0.25, 0.3) is 5.91 Å². The largest absolute Gasteiger partial charge is 0.493 e. The number of rotatable bonds is 11. The smallest absolute Gasteiger partial charge is 0.275 e. The predicted molar refractivity (Wildman–Crippen MR) is 138 cm³/mol. The van der Waals surface area contributed by atoms with Crippen LogP contribution in [0.5, 0.6) is 17.2 Å². The Hall–Kier alpha value is -4.86. The highest BCUT2D eigenvalue weighted by atomic mass is 16.5. The van der Waals surface area contributed by atoms with Gasteiger partial charge in [0.05, 0.1) is 40.3 Å². The highest BCUT2D eigenvalue weighted by Gasteiger charge is 2.35. The molecule has 0 unspecified atom stereocenters. The van der Waals surface area contributed by atoms with E-state index in [-0.39, 0.29) is 18.8 Å². The van der Waals surface area contributed by atoms with Gasteiger partial charge in [0.15, 0.2) is 11.5 Å². The maximum atomic E-state index is 13.9. The predicted octanol–water partition coefficient (Wildman–Crippen LogP) is 3.80. The van der Waals surface area contributed by atoms with Crippen molar-refractivity contribution >= 4 is 11.8 Å². The molecule has 2 aromatic heterocycles. The van der Waals surface area contributed by atoms with E-state index in [1.54, 1.807) is 24.3 Å². The molecule has 10 heteroatoms. The van der Waals surface area contributed by atoms with Crippen molar-refractivity contribution in [1.82, 2.24) is 20.2 Å². The first-order chi connectivity index (χ1) is 18.5. The molecule has 4 rings (SSSR count). The van der Waals surface area contributed by atoms with E-state index in [1.165, 1.54) is 51.1 Å². The molecule has 0 radical (unpaired) electrons. The fourth-order valence-corrected chi connectivity index (χ4v) is 4.02. The number of aromatic nitrogens is 2. The van der Waals surface area contributed by atoms with Crippen LogP contribution in [-0.4, -0.2) is 48.0 Å². The third kappa shape index (κ3) is 5.92. The van der Waals surface area contributed by atoms with E-state index in [2.05, 4.69) is 15.3 Å². The fourth-order valence-electron chi connectivity index (χ4n) is 4.02. The highest BCUT2D eigenvalue weighted by molar-refractivity contribution is 5.96. The van der Waals surface area contributed by atoms with Gasteiger partial charge in [-0.2, -0.15) is 0 Å². The van der Waals surface area contributed by atoms with Crippen LogP contribution in [0.1, 0.15) is 33.4 Å². The Bertz CT molecular complexity index is 1320. The summed E-state index contributed by atoms with van der Waals surface area (Å²) in [6.45, 7) is 0.247. The average molecular weight is 517 g/mol.